The fourth-order valence-corrected chi connectivity index (χ4v) is 3.61. The minimum absolute atomic E-state index is 0.755. The Kier molecular flexibility index (Phi) is 12.7. The standard InChI is InChI=1S/2C15H24/c1-12(2)5-6-14-7-9-15(10-8-14)11-13(3)4;1-12(2)8-9-14-6-5-7-15(11-14)10-13(3)4/h7-10,12-13H,5-6,11H2,1-4H3;5-7,11-13H,8-10H2,1-4H3. The average Bonchev–Trinajstić information content (AvgIpc) is 2.66. The summed E-state index contributed by atoms with van der Waals surface area (Å²) in [7, 11) is 0. The van der Waals surface area contributed by atoms with Gasteiger partial charge in [-0.2, -0.15) is 0 Å². The molecule has 0 aliphatic rings. The van der Waals surface area contributed by atoms with Crippen LogP contribution in [0.1, 0.15) is 90.5 Å². The third-order valence-corrected chi connectivity index (χ3v) is 5.32. The topological polar surface area (TPSA) is 0 Å². The number of hydrogen-bond acceptors (Lipinski definition) is 0. The van der Waals surface area contributed by atoms with E-state index in [1.807, 2.05) is 0 Å². The molecule has 0 amide bonds. The zero-order valence-corrected chi connectivity index (χ0v) is 21.2. The predicted octanol–water partition coefficient (Wildman–Crippen LogP) is 8.95. The Labute approximate surface area is 188 Å². The summed E-state index contributed by atoms with van der Waals surface area (Å²) in [4.78, 5) is 0. The number of benzene rings is 2. The maximum atomic E-state index is 2.38. The molecule has 0 radical (unpaired) electrons. The summed E-state index contributed by atoms with van der Waals surface area (Å²) in [5.41, 5.74) is 5.95. The molecule has 2 aromatic carbocycles. The van der Waals surface area contributed by atoms with Crippen LogP contribution in [0.25, 0.3) is 0 Å². The van der Waals surface area contributed by atoms with Crippen LogP contribution in [0.2, 0.25) is 0 Å². The zero-order chi connectivity index (χ0) is 22.5. The Morgan fingerprint density at radius 2 is 0.900 bits per heavy atom. The maximum absolute atomic E-state index is 2.38. The molecular formula is C30H48. The van der Waals surface area contributed by atoms with Crippen molar-refractivity contribution in [2.75, 3.05) is 0 Å². The van der Waals surface area contributed by atoms with Crippen LogP contribution >= 0.6 is 0 Å². The first-order chi connectivity index (χ1) is 14.2. The van der Waals surface area contributed by atoms with Crippen molar-refractivity contribution >= 4 is 0 Å². The molecular weight excluding hydrogens is 360 g/mol. The largest absolute Gasteiger partial charge is 0.0628 e. The van der Waals surface area contributed by atoms with Gasteiger partial charge in [0.25, 0.3) is 0 Å². The molecule has 0 nitrogen and oxygen atoms in total. The number of hydrogen-bond donors (Lipinski definition) is 0. The van der Waals surface area contributed by atoms with E-state index < -0.39 is 0 Å². The normalized spacial score (nSPS) is 11.3. The lowest BCUT2D eigenvalue weighted by atomic mass is 9.97. The van der Waals surface area contributed by atoms with Gasteiger partial charge in [-0.25, -0.2) is 0 Å². The maximum Gasteiger partial charge on any atom is -0.0256 e. The first-order valence-corrected chi connectivity index (χ1v) is 12.3. The Bertz CT molecular complexity index is 673. The quantitative estimate of drug-likeness (QED) is 0.368. The molecule has 2 rings (SSSR count). The molecule has 0 aliphatic carbocycles. The molecule has 30 heavy (non-hydrogen) atoms. The Morgan fingerprint density at radius 3 is 1.40 bits per heavy atom. The van der Waals surface area contributed by atoms with E-state index in [2.05, 4.69) is 104 Å². The van der Waals surface area contributed by atoms with Gasteiger partial charge in [0.05, 0.1) is 0 Å². The molecule has 0 heteroatoms. The van der Waals surface area contributed by atoms with E-state index in [4.69, 9.17) is 0 Å². The predicted molar refractivity (Wildman–Crippen MR) is 136 cm³/mol. The van der Waals surface area contributed by atoms with E-state index in [0.717, 1.165) is 23.7 Å². The van der Waals surface area contributed by atoms with Gasteiger partial charge in [-0.1, -0.05) is 104 Å². The van der Waals surface area contributed by atoms with Gasteiger partial charge in [-0.15, -0.1) is 0 Å². The first-order valence-electron chi connectivity index (χ1n) is 12.3. The van der Waals surface area contributed by atoms with Crippen molar-refractivity contribution in [2.45, 2.75) is 93.9 Å². The second-order valence-electron chi connectivity index (χ2n) is 10.7. The SMILES string of the molecule is CC(C)CCc1ccc(CC(C)C)cc1.CC(C)CCc1cccc(CC(C)C)c1. The Hall–Kier alpha value is -1.56. The second kappa shape index (κ2) is 14.4. The smallest absolute Gasteiger partial charge is 0.0256 e. The molecule has 0 heterocycles. The van der Waals surface area contributed by atoms with Crippen LogP contribution in [0, 0.1) is 23.7 Å². The summed E-state index contributed by atoms with van der Waals surface area (Å²) in [6.45, 7) is 18.2. The van der Waals surface area contributed by atoms with Crippen LogP contribution in [0.15, 0.2) is 48.5 Å². The van der Waals surface area contributed by atoms with Crippen molar-refractivity contribution in [1.82, 2.24) is 0 Å². The average molecular weight is 409 g/mol. The highest BCUT2D eigenvalue weighted by atomic mass is 14.1. The minimum atomic E-state index is 0.755. The van der Waals surface area contributed by atoms with Gasteiger partial charge in [0.1, 0.15) is 0 Å². The summed E-state index contributed by atoms with van der Waals surface area (Å²) < 4.78 is 0. The number of rotatable bonds is 10. The third-order valence-electron chi connectivity index (χ3n) is 5.32. The van der Waals surface area contributed by atoms with Crippen LogP contribution in [0.3, 0.4) is 0 Å². The molecule has 0 saturated carbocycles. The van der Waals surface area contributed by atoms with Crippen LogP contribution in [0.5, 0.6) is 0 Å². The highest BCUT2D eigenvalue weighted by Crippen LogP contribution is 2.14. The second-order valence-corrected chi connectivity index (χ2v) is 10.7. The molecule has 0 N–H and O–H groups in total. The molecule has 2 aromatic rings. The molecule has 0 bridgehead atoms. The van der Waals surface area contributed by atoms with Gasteiger partial charge in [-0.05, 0) is 84.5 Å². The van der Waals surface area contributed by atoms with Crippen LogP contribution in [-0.4, -0.2) is 0 Å². The molecule has 0 unspecified atom stereocenters. The van der Waals surface area contributed by atoms with Gasteiger partial charge >= 0.3 is 0 Å². The summed E-state index contributed by atoms with van der Waals surface area (Å²) >= 11 is 0. The van der Waals surface area contributed by atoms with E-state index in [1.54, 1.807) is 0 Å². The van der Waals surface area contributed by atoms with E-state index in [0.29, 0.717) is 0 Å². The minimum Gasteiger partial charge on any atom is -0.0628 e. The monoisotopic (exact) mass is 408 g/mol. The molecule has 168 valence electrons. The zero-order valence-electron chi connectivity index (χ0n) is 21.2. The van der Waals surface area contributed by atoms with Crippen molar-refractivity contribution in [1.29, 1.82) is 0 Å². The van der Waals surface area contributed by atoms with Gasteiger partial charge in [0.15, 0.2) is 0 Å². The summed E-state index contributed by atoms with van der Waals surface area (Å²) in [6.07, 6.45) is 7.44. The fraction of sp³-hybridized carbons (Fsp3) is 0.600. The van der Waals surface area contributed by atoms with Crippen molar-refractivity contribution in [2.24, 2.45) is 23.7 Å². The highest BCUT2D eigenvalue weighted by molar-refractivity contribution is 5.24. The van der Waals surface area contributed by atoms with Gasteiger partial charge < -0.3 is 0 Å². The van der Waals surface area contributed by atoms with Crippen molar-refractivity contribution < 1.29 is 0 Å². The lowest BCUT2D eigenvalue weighted by molar-refractivity contribution is 0.586. The molecule has 0 saturated heterocycles. The molecule has 0 fully saturated rings. The first kappa shape index (κ1) is 26.5. The lowest BCUT2D eigenvalue weighted by Gasteiger charge is -2.08. The summed E-state index contributed by atoms with van der Waals surface area (Å²) in [5, 5.41) is 0. The summed E-state index contributed by atoms with van der Waals surface area (Å²) in [5.74, 6) is 3.12. The number of aryl methyl sites for hydroxylation is 2. The van der Waals surface area contributed by atoms with Crippen molar-refractivity contribution in [3.05, 3.63) is 70.8 Å². The molecule has 0 atom stereocenters. The van der Waals surface area contributed by atoms with Crippen LogP contribution < -0.4 is 0 Å². The Balaban J connectivity index is 0.000000300. The van der Waals surface area contributed by atoms with Gasteiger partial charge in [-0.3, -0.25) is 0 Å². The van der Waals surface area contributed by atoms with Crippen LogP contribution in [-0.2, 0) is 25.7 Å². The lowest BCUT2D eigenvalue weighted by Crippen LogP contribution is -1.96. The molecule has 0 spiro atoms. The van der Waals surface area contributed by atoms with Gasteiger partial charge in [0, 0.05) is 0 Å². The van der Waals surface area contributed by atoms with Crippen molar-refractivity contribution in [3.63, 3.8) is 0 Å². The van der Waals surface area contributed by atoms with Crippen molar-refractivity contribution in [3.8, 4) is 0 Å². The molecule has 0 aliphatic heterocycles. The van der Waals surface area contributed by atoms with E-state index >= 15 is 0 Å². The highest BCUT2D eigenvalue weighted by Gasteiger charge is 2.01. The summed E-state index contributed by atoms with van der Waals surface area (Å²) in [6, 6.07) is 18.2. The fourth-order valence-electron chi connectivity index (χ4n) is 3.61. The van der Waals surface area contributed by atoms with E-state index in [9.17, 15) is 0 Å². The van der Waals surface area contributed by atoms with E-state index in [1.165, 1.54) is 60.8 Å². The molecule has 0 aromatic heterocycles. The van der Waals surface area contributed by atoms with Gasteiger partial charge in [0.2, 0.25) is 0 Å². The Morgan fingerprint density at radius 1 is 0.467 bits per heavy atom. The van der Waals surface area contributed by atoms with E-state index in [-0.39, 0.29) is 0 Å². The third kappa shape index (κ3) is 12.9. The van der Waals surface area contributed by atoms with Crippen LogP contribution in [0.4, 0.5) is 0 Å².